The maximum Gasteiger partial charge on any atom is 0.0546 e. The highest BCUT2D eigenvalue weighted by molar-refractivity contribution is 6.39. The van der Waals surface area contributed by atoms with Gasteiger partial charge in [-0.05, 0) is 115 Å². The molecule has 0 saturated carbocycles. The molecule has 12 aromatic carbocycles. The summed E-state index contributed by atoms with van der Waals surface area (Å²) in [5.41, 5.74) is 6.95. The third-order valence-corrected chi connectivity index (χ3v) is 11.8. The van der Waals surface area contributed by atoms with Gasteiger partial charge in [-0.2, -0.15) is 0 Å². The fraction of sp³-hybridized carbons (Fsp3) is 0. The Balaban J connectivity index is 1.19. The van der Waals surface area contributed by atoms with Crippen molar-refractivity contribution in [3.63, 3.8) is 0 Å². The van der Waals surface area contributed by atoms with Gasteiger partial charge in [0.15, 0.2) is 0 Å². The molecule has 2 heteroatoms. The predicted molar refractivity (Wildman–Crippen MR) is 241 cm³/mol. The number of fused-ring (bicyclic) bond motifs is 2. The van der Waals surface area contributed by atoms with Gasteiger partial charge in [-0.1, -0.05) is 146 Å². The number of anilines is 6. The second-order valence-electron chi connectivity index (χ2n) is 14.9. The van der Waals surface area contributed by atoms with Crippen molar-refractivity contribution in [3.05, 3.63) is 206 Å². The zero-order chi connectivity index (χ0) is 36.7. The lowest BCUT2D eigenvalue weighted by atomic mass is 9.85. The summed E-state index contributed by atoms with van der Waals surface area (Å²) in [6, 6.07) is 75.8. The van der Waals surface area contributed by atoms with Crippen LogP contribution in [0.4, 0.5) is 34.1 Å². The first-order chi connectivity index (χ1) is 27.8. The minimum atomic E-state index is 1.13. The van der Waals surface area contributed by atoms with Crippen molar-refractivity contribution in [1.82, 2.24) is 0 Å². The van der Waals surface area contributed by atoms with Gasteiger partial charge in [-0.3, -0.25) is 0 Å². The molecule has 260 valence electrons. The summed E-state index contributed by atoms with van der Waals surface area (Å²) in [5.74, 6) is 0. The smallest absolute Gasteiger partial charge is 0.0546 e. The molecule has 0 aliphatic heterocycles. The van der Waals surface area contributed by atoms with Gasteiger partial charge in [-0.25, -0.2) is 0 Å². The Morgan fingerprint density at radius 3 is 1.04 bits per heavy atom. The standard InChI is InChI=1S/C54H34N2/c1-3-21-41(22-4-1)55(47-29-13-17-35-15-7-9-25-43(35)47)49-33-39-31-38-20-12-28-46-50(34-40-32-37-19-11-27-45(49)51(37)53(39)54(40)52(38)46)56(42-23-5-2-6-24-42)48-30-14-18-36-16-8-10-26-44(36)48/h1-34H. The molecule has 12 aromatic rings. The molecule has 0 saturated heterocycles. The van der Waals surface area contributed by atoms with Crippen LogP contribution in [0.2, 0.25) is 0 Å². The van der Waals surface area contributed by atoms with Crippen LogP contribution in [0.15, 0.2) is 206 Å². The Hall–Kier alpha value is -7.42. The Morgan fingerprint density at radius 2 is 0.571 bits per heavy atom. The van der Waals surface area contributed by atoms with E-state index in [2.05, 4.69) is 216 Å². The monoisotopic (exact) mass is 710 g/mol. The van der Waals surface area contributed by atoms with Crippen molar-refractivity contribution in [1.29, 1.82) is 0 Å². The number of rotatable bonds is 6. The Morgan fingerprint density at radius 1 is 0.214 bits per heavy atom. The lowest BCUT2D eigenvalue weighted by Crippen LogP contribution is -2.12. The van der Waals surface area contributed by atoms with E-state index in [0.29, 0.717) is 0 Å². The minimum absolute atomic E-state index is 1.13. The first kappa shape index (κ1) is 31.0. The summed E-state index contributed by atoms with van der Waals surface area (Å²) >= 11 is 0. The van der Waals surface area contributed by atoms with Crippen molar-refractivity contribution in [3.8, 4) is 0 Å². The fourth-order valence-corrected chi connectivity index (χ4v) is 9.50. The largest absolute Gasteiger partial charge is 0.309 e. The quantitative estimate of drug-likeness (QED) is 0.125. The second kappa shape index (κ2) is 12.0. The summed E-state index contributed by atoms with van der Waals surface area (Å²) in [7, 11) is 0. The normalized spacial score (nSPS) is 11.9. The van der Waals surface area contributed by atoms with Crippen molar-refractivity contribution >= 4 is 110 Å². The Kier molecular flexibility index (Phi) is 6.66. The number of benzene rings is 12. The molecule has 0 heterocycles. The van der Waals surface area contributed by atoms with Gasteiger partial charge in [0, 0.05) is 32.9 Å². The minimum Gasteiger partial charge on any atom is -0.309 e. The SMILES string of the molecule is c1ccc(N(c2cccc3ccccc23)c2cc3cc4cccc5c(N(c6ccccc6)c6cccc7ccccc67)cc6cc7cccc2c7c3c6c45)cc1. The maximum atomic E-state index is 2.46. The van der Waals surface area contributed by atoms with Gasteiger partial charge >= 0.3 is 0 Å². The topological polar surface area (TPSA) is 6.48 Å². The van der Waals surface area contributed by atoms with E-state index < -0.39 is 0 Å². The summed E-state index contributed by atoms with van der Waals surface area (Å²) in [4.78, 5) is 4.93. The van der Waals surface area contributed by atoms with E-state index in [1.165, 1.54) is 98.2 Å². The van der Waals surface area contributed by atoms with Crippen LogP contribution in [-0.4, -0.2) is 0 Å². The van der Waals surface area contributed by atoms with Crippen molar-refractivity contribution < 1.29 is 0 Å². The average Bonchev–Trinajstić information content (AvgIpc) is 3.26. The van der Waals surface area contributed by atoms with Gasteiger partial charge < -0.3 is 9.80 Å². The van der Waals surface area contributed by atoms with E-state index in [-0.39, 0.29) is 0 Å². The molecule has 12 rings (SSSR count). The highest BCUT2D eigenvalue weighted by Crippen LogP contribution is 2.52. The molecule has 0 unspecified atom stereocenters. The number of hydrogen-bond donors (Lipinski definition) is 0. The molecule has 56 heavy (non-hydrogen) atoms. The third kappa shape index (κ3) is 4.50. The molecule has 0 aromatic heterocycles. The van der Waals surface area contributed by atoms with Crippen LogP contribution in [0.3, 0.4) is 0 Å². The van der Waals surface area contributed by atoms with Gasteiger partial charge in [0.25, 0.3) is 0 Å². The molecule has 0 bridgehead atoms. The van der Waals surface area contributed by atoms with Crippen molar-refractivity contribution in [2.45, 2.75) is 0 Å². The number of para-hydroxylation sites is 2. The first-order valence-electron chi connectivity index (χ1n) is 19.4. The molecule has 0 amide bonds. The van der Waals surface area contributed by atoms with E-state index in [4.69, 9.17) is 0 Å². The molecule has 2 nitrogen and oxygen atoms in total. The molecule has 0 spiro atoms. The lowest BCUT2D eigenvalue weighted by Gasteiger charge is -2.31. The van der Waals surface area contributed by atoms with Crippen LogP contribution in [0.5, 0.6) is 0 Å². The fourth-order valence-electron chi connectivity index (χ4n) is 9.50. The Bertz CT molecular complexity index is 3180. The summed E-state index contributed by atoms with van der Waals surface area (Å²) in [5, 5.41) is 17.6. The van der Waals surface area contributed by atoms with E-state index in [9.17, 15) is 0 Å². The summed E-state index contributed by atoms with van der Waals surface area (Å²) < 4.78 is 0. The van der Waals surface area contributed by atoms with Crippen LogP contribution in [0.25, 0.3) is 75.4 Å². The van der Waals surface area contributed by atoms with Crippen LogP contribution >= 0.6 is 0 Å². The second-order valence-corrected chi connectivity index (χ2v) is 14.9. The van der Waals surface area contributed by atoms with Crippen LogP contribution < -0.4 is 9.80 Å². The average molecular weight is 711 g/mol. The molecule has 0 N–H and O–H groups in total. The summed E-state index contributed by atoms with van der Waals surface area (Å²) in [6.07, 6.45) is 0. The van der Waals surface area contributed by atoms with Gasteiger partial charge in [0.05, 0.1) is 22.7 Å². The molecule has 0 aliphatic carbocycles. The first-order valence-corrected chi connectivity index (χ1v) is 19.4. The van der Waals surface area contributed by atoms with Gasteiger partial charge in [0.2, 0.25) is 0 Å². The van der Waals surface area contributed by atoms with E-state index in [0.717, 1.165) is 11.4 Å². The lowest BCUT2D eigenvalue weighted by molar-refractivity contribution is 1.32. The van der Waals surface area contributed by atoms with Crippen LogP contribution in [0, 0.1) is 0 Å². The van der Waals surface area contributed by atoms with E-state index in [1.807, 2.05) is 0 Å². The van der Waals surface area contributed by atoms with Crippen molar-refractivity contribution in [2.24, 2.45) is 0 Å². The zero-order valence-corrected chi connectivity index (χ0v) is 30.5. The number of hydrogen-bond acceptors (Lipinski definition) is 2. The predicted octanol–water partition coefficient (Wildman–Crippen LogP) is 15.6. The summed E-state index contributed by atoms with van der Waals surface area (Å²) in [6.45, 7) is 0. The van der Waals surface area contributed by atoms with E-state index >= 15 is 0 Å². The highest BCUT2D eigenvalue weighted by Gasteiger charge is 2.25. The molecular weight excluding hydrogens is 677 g/mol. The van der Waals surface area contributed by atoms with Crippen LogP contribution in [-0.2, 0) is 0 Å². The molecule has 0 fully saturated rings. The zero-order valence-electron chi connectivity index (χ0n) is 30.5. The third-order valence-electron chi connectivity index (χ3n) is 11.8. The Labute approximate surface area is 324 Å². The van der Waals surface area contributed by atoms with Gasteiger partial charge in [-0.15, -0.1) is 0 Å². The highest BCUT2D eigenvalue weighted by atomic mass is 15.2. The van der Waals surface area contributed by atoms with Crippen molar-refractivity contribution in [2.75, 3.05) is 9.80 Å². The maximum absolute atomic E-state index is 2.46. The number of nitrogens with zero attached hydrogens (tertiary/aromatic N) is 2. The molecule has 0 aliphatic rings. The molecule has 0 atom stereocenters. The van der Waals surface area contributed by atoms with Gasteiger partial charge in [0.1, 0.15) is 0 Å². The molecular formula is C54H34N2. The van der Waals surface area contributed by atoms with Crippen LogP contribution in [0.1, 0.15) is 0 Å². The van der Waals surface area contributed by atoms with E-state index in [1.54, 1.807) is 0 Å². The molecule has 0 radical (unpaired) electrons.